The van der Waals surface area contributed by atoms with Gasteiger partial charge in [0.2, 0.25) is 0 Å². The molecule has 0 atom stereocenters. The highest BCUT2D eigenvalue weighted by Crippen LogP contribution is 2.28. The summed E-state index contributed by atoms with van der Waals surface area (Å²) in [7, 11) is 0. The van der Waals surface area contributed by atoms with E-state index in [1.54, 1.807) is 0 Å². The molecule has 2 rings (SSSR count). The second kappa shape index (κ2) is 9.71. The highest BCUT2D eigenvalue weighted by molar-refractivity contribution is 5.72. The quantitative estimate of drug-likeness (QED) is 0.449. The van der Waals surface area contributed by atoms with E-state index in [2.05, 4.69) is 49.1 Å². The minimum absolute atomic E-state index is 1.11. The van der Waals surface area contributed by atoms with Crippen LogP contribution in [0.2, 0.25) is 0 Å². The van der Waals surface area contributed by atoms with E-state index in [1.807, 2.05) is 0 Å². The number of hydrogen-bond donors (Lipinski definition) is 0. The van der Waals surface area contributed by atoms with Crippen molar-refractivity contribution in [1.29, 1.82) is 0 Å². The molecular formula is C21H33N. The molecule has 0 saturated carbocycles. The van der Waals surface area contributed by atoms with Crippen LogP contribution in [0.3, 0.4) is 0 Å². The third kappa shape index (κ3) is 5.51. The fraction of sp³-hybridized carbons (Fsp3) is 0.619. The molecule has 0 unspecified atom stereocenters. The Morgan fingerprint density at radius 3 is 2.23 bits per heavy atom. The average molecular weight is 300 g/mol. The lowest BCUT2D eigenvalue weighted by Gasteiger charge is -2.30. The van der Waals surface area contributed by atoms with Crippen LogP contribution in [0, 0.1) is 0 Å². The van der Waals surface area contributed by atoms with Crippen LogP contribution in [0.15, 0.2) is 29.8 Å². The lowest BCUT2D eigenvalue weighted by molar-refractivity contribution is 0.563. The van der Waals surface area contributed by atoms with Crippen LogP contribution in [0.1, 0.15) is 77.2 Å². The summed E-state index contributed by atoms with van der Waals surface area (Å²) in [5.74, 6) is 0. The summed E-state index contributed by atoms with van der Waals surface area (Å²) < 4.78 is 0. The van der Waals surface area contributed by atoms with Gasteiger partial charge in [-0.3, -0.25) is 0 Å². The van der Waals surface area contributed by atoms with Crippen molar-refractivity contribution in [2.75, 3.05) is 18.0 Å². The number of hydrogen-bond acceptors (Lipinski definition) is 1. The molecule has 0 bridgehead atoms. The molecule has 0 N–H and O–H groups in total. The molecule has 1 aromatic rings. The maximum absolute atomic E-state index is 2.56. The zero-order chi connectivity index (χ0) is 15.6. The predicted octanol–water partition coefficient (Wildman–Crippen LogP) is 6.44. The second-order valence-corrected chi connectivity index (χ2v) is 6.80. The molecule has 0 amide bonds. The highest BCUT2D eigenvalue weighted by Gasteiger charge is 2.14. The first-order valence-corrected chi connectivity index (χ1v) is 9.32. The van der Waals surface area contributed by atoms with Gasteiger partial charge in [0.05, 0.1) is 0 Å². The predicted molar refractivity (Wildman–Crippen MR) is 99.5 cm³/mol. The first kappa shape index (κ1) is 17.1. The number of anilines is 1. The number of nitrogens with zero attached hydrogens (tertiary/aromatic N) is 1. The number of rotatable bonds is 10. The summed E-state index contributed by atoms with van der Waals surface area (Å²) >= 11 is 0. The van der Waals surface area contributed by atoms with Gasteiger partial charge in [0.15, 0.2) is 0 Å². The molecule has 1 aromatic carbocycles. The SMILES string of the molecule is CCCCCCCCCCCN1CC(C)=Cc2ccccc21. The Kier molecular flexibility index (Phi) is 7.56. The molecule has 0 radical (unpaired) electrons. The van der Waals surface area contributed by atoms with E-state index in [0.29, 0.717) is 0 Å². The number of unbranched alkanes of at least 4 members (excludes halogenated alkanes) is 8. The summed E-state index contributed by atoms with van der Waals surface area (Å²) in [4.78, 5) is 2.56. The molecule has 1 aliphatic rings. The molecule has 0 fully saturated rings. The lowest BCUT2D eigenvalue weighted by atomic mass is 10.0. The van der Waals surface area contributed by atoms with Crippen molar-refractivity contribution < 1.29 is 0 Å². The van der Waals surface area contributed by atoms with E-state index in [-0.39, 0.29) is 0 Å². The van der Waals surface area contributed by atoms with Crippen LogP contribution in [-0.4, -0.2) is 13.1 Å². The molecule has 0 aromatic heterocycles. The van der Waals surface area contributed by atoms with Gasteiger partial charge in [-0.1, -0.05) is 88.1 Å². The number of para-hydroxylation sites is 1. The lowest BCUT2D eigenvalue weighted by Crippen LogP contribution is -2.29. The van der Waals surface area contributed by atoms with Gasteiger partial charge in [-0.05, 0) is 25.0 Å². The zero-order valence-corrected chi connectivity index (χ0v) is 14.6. The van der Waals surface area contributed by atoms with Crippen molar-refractivity contribution in [3.63, 3.8) is 0 Å². The third-order valence-corrected chi connectivity index (χ3v) is 4.65. The van der Waals surface area contributed by atoms with Gasteiger partial charge in [0, 0.05) is 18.8 Å². The van der Waals surface area contributed by atoms with Gasteiger partial charge in [0.25, 0.3) is 0 Å². The Balaban J connectivity index is 1.63. The average Bonchev–Trinajstić information content (AvgIpc) is 2.53. The van der Waals surface area contributed by atoms with Gasteiger partial charge in [0.1, 0.15) is 0 Å². The molecule has 122 valence electrons. The van der Waals surface area contributed by atoms with Crippen molar-refractivity contribution in [3.8, 4) is 0 Å². The minimum Gasteiger partial charge on any atom is -0.367 e. The molecule has 1 heterocycles. The van der Waals surface area contributed by atoms with E-state index >= 15 is 0 Å². The van der Waals surface area contributed by atoms with Crippen molar-refractivity contribution in [3.05, 3.63) is 35.4 Å². The Labute approximate surface area is 137 Å². The summed E-state index contributed by atoms with van der Waals surface area (Å²) in [5, 5.41) is 0. The molecule has 1 aliphatic heterocycles. The monoisotopic (exact) mass is 299 g/mol. The summed E-state index contributed by atoms with van der Waals surface area (Å²) in [6.07, 6.45) is 15.0. The first-order valence-electron chi connectivity index (χ1n) is 9.32. The van der Waals surface area contributed by atoms with Crippen molar-refractivity contribution in [1.82, 2.24) is 0 Å². The Morgan fingerprint density at radius 1 is 0.864 bits per heavy atom. The summed E-state index contributed by atoms with van der Waals surface area (Å²) in [6.45, 7) is 6.85. The second-order valence-electron chi connectivity index (χ2n) is 6.80. The van der Waals surface area contributed by atoms with Crippen molar-refractivity contribution in [2.24, 2.45) is 0 Å². The van der Waals surface area contributed by atoms with Gasteiger partial charge in [-0.25, -0.2) is 0 Å². The largest absolute Gasteiger partial charge is 0.367 e. The molecule has 1 nitrogen and oxygen atoms in total. The summed E-state index contributed by atoms with van der Waals surface area (Å²) in [6, 6.07) is 8.81. The van der Waals surface area contributed by atoms with Crippen molar-refractivity contribution in [2.45, 2.75) is 71.6 Å². The Bertz CT molecular complexity index is 461. The van der Waals surface area contributed by atoms with E-state index in [4.69, 9.17) is 0 Å². The van der Waals surface area contributed by atoms with Crippen LogP contribution in [0.4, 0.5) is 5.69 Å². The molecule has 22 heavy (non-hydrogen) atoms. The first-order chi connectivity index (χ1) is 10.8. The standard InChI is InChI=1S/C21H33N/c1-3-4-5-6-7-8-9-10-13-16-22-18-19(2)17-20-14-11-12-15-21(20)22/h11-12,14-15,17H,3-10,13,16,18H2,1-2H3. The van der Waals surface area contributed by atoms with Gasteiger partial charge in [-0.2, -0.15) is 0 Å². The summed E-state index contributed by atoms with van der Waals surface area (Å²) in [5.41, 5.74) is 4.30. The van der Waals surface area contributed by atoms with Gasteiger partial charge < -0.3 is 4.90 Å². The molecule has 0 aliphatic carbocycles. The van der Waals surface area contributed by atoms with E-state index in [0.717, 1.165) is 6.54 Å². The minimum atomic E-state index is 1.11. The van der Waals surface area contributed by atoms with Crippen LogP contribution < -0.4 is 4.90 Å². The molecule has 0 spiro atoms. The van der Waals surface area contributed by atoms with E-state index < -0.39 is 0 Å². The van der Waals surface area contributed by atoms with Crippen molar-refractivity contribution >= 4 is 11.8 Å². The van der Waals surface area contributed by atoms with Gasteiger partial charge in [-0.15, -0.1) is 0 Å². The van der Waals surface area contributed by atoms with E-state index in [9.17, 15) is 0 Å². The fourth-order valence-electron chi connectivity index (χ4n) is 3.41. The van der Waals surface area contributed by atoms with Crippen LogP contribution in [0.25, 0.3) is 6.08 Å². The molecule has 1 heteroatoms. The highest BCUT2D eigenvalue weighted by atomic mass is 15.1. The topological polar surface area (TPSA) is 3.24 Å². The van der Waals surface area contributed by atoms with Gasteiger partial charge >= 0.3 is 0 Å². The van der Waals surface area contributed by atoms with E-state index in [1.165, 1.54) is 81.2 Å². The molecule has 0 saturated heterocycles. The van der Waals surface area contributed by atoms with Crippen LogP contribution in [-0.2, 0) is 0 Å². The maximum Gasteiger partial charge on any atom is 0.0442 e. The fourth-order valence-corrected chi connectivity index (χ4v) is 3.41. The number of benzene rings is 1. The Morgan fingerprint density at radius 2 is 1.50 bits per heavy atom. The Hall–Kier alpha value is -1.24. The number of fused-ring (bicyclic) bond motifs is 1. The smallest absolute Gasteiger partial charge is 0.0442 e. The normalized spacial score (nSPS) is 13.9. The maximum atomic E-state index is 2.56. The third-order valence-electron chi connectivity index (χ3n) is 4.65. The van der Waals surface area contributed by atoms with Crippen LogP contribution >= 0.6 is 0 Å². The zero-order valence-electron chi connectivity index (χ0n) is 14.6. The molecular weight excluding hydrogens is 266 g/mol. The van der Waals surface area contributed by atoms with Crippen LogP contribution in [0.5, 0.6) is 0 Å².